The fourth-order valence-corrected chi connectivity index (χ4v) is 3.91. The lowest BCUT2D eigenvalue weighted by atomic mass is 9.50. The molecule has 0 saturated heterocycles. The third-order valence-corrected chi connectivity index (χ3v) is 5.24. The molecule has 1 aromatic heterocycles. The molecular formula is C15H16BrN3O3. The van der Waals surface area contributed by atoms with Gasteiger partial charge in [-0.15, -0.1) is 0 Å². The van der Waals surface area contributed by atoms with Crippen LogP contribution in [0.15, 0.2) is 22.3 Å². The van der Waals surface area contributed by atoms with E-state index in [1.807, 2.05) is 0 Å². The van der Waals surface area contributed by atoms with Gasteiger partial charge in [0.15, 0.2) is 6.23 Å². The number of hydrogen-bond donors (Lipinski definition) is 4. The van der Waals surface area contributed by atoms with Gasteiger partial charge in [-0.3, -0.25) is 4.79 Å². The zero-order chi connectivity index (χ0) is 15.5. The van der Waals surface area contributed by atoms with Gasteiger partial charge in [0.25, 0.3) is 0 Å². The van der Waals surface area contributed by atoms with Crippen molar-refractivity contribution in [3.63, 3.8) is 0 Å². The Balaban J connectivity index is 1.56. The Bertz CT molecular complexity index is 686. The highest BCUT2D eigenvalue weighted by atomic mass is 79.9. The lowest BCUT2D eigenvalue weighted by Crippen LogP contribution is -2.68. The standard InChI is InChI=1S/C15H16BrN3O3/c16-8-1-9-12(21)10(14(22)18-13(9)17-6-8)2-11(20)19-15-3-7(4-15)5-15/h1,6-7,14,21-22H,2-5H2,(H,17,18)(H,19,20). The number of hydrogen-bond acceptors (Lipinski definition) is 5. The summed E-state index contributed by atoms with van der Waals surface area (Å²) in [5.74, 6) is 0.941. The van der Waals surface area contributed by atoms with Gasteiger partial charge in [0.05, 0.1) is 12.0 Å². The Morgan fingerprint density at radius 1 is 1.50 bits per heavy atom. The zero-order valence-electron chi connectivity index (χ0n) is 11.8. The number of halogens is 1. The molecule has 116 valence electrons. The first-order chi connectivity index (χ1) is 10.5. The van der Waals surface area contributed by atoms with Crippen molar-refractivity contribution < 1.29 is 15.0 Å². The van der Waals surface area contributed by atoms with Gasteiger partial charge in [-0.1, -0.05) is 0 Å². The van der Waals surface area contributed by atoms with Crippen LogP contribution in [0.4, 0.5) is 5.82 Å². The number of nitrogens with one attached hydrogen (secondary N) is 2. The van der Waals surface area contributed by atoms with Crippen LogP contribution < -0.4 is 10.6 Å². The summed E-state index contributed by atoms with van der Waals surface area (Å²) in [6.07, 6.45) is 3.61. The highest BCUT2D eigenvalue weighted by molar-refractivity contribution is 9.10. The summed E-state index contributed by atoms with van der Waals surface area (Å²) in [5.41, 5.74) is 0.748. The van der Waals surface area contributed by atoms with Crippen molar-refractivity contribution in [3.8, 4) is 0 Å². The van der Waals surface area contributed by atoms with Crippen LogP contribution >= 0.6 is 15.9 Å². The summed E-state index contributed by atoms with van der Waals surface area (Å²) in [4.78, 5) is 16.3. The molecule has 2 heterocycles. The van der Waals surface area contributed by atoms with Crippen molar-refractivity contribution in [1.82, 2.24) is 10.3 Å². The zero-order valence-corrected chi connectivity index (χ0v) is 13.4. The second-order valence-corrected chi connectivity index (χ2v) is 7.37. The lowest BCUT2D eigenvalue weighted by molar-refractivity contribution is -0.132. The maximum absolute atomic E-state index is 12.2. The van der Waals surface area contributed by atoms with Crippen LogP contribution in [-0.4, -0.2) is 32.9 Å². The van der Waals surface area contributed by atoms with Gasteiger partial charge in [0.1, 0.15) is 11.6 Å². The average molecular weight is 366 g/mol. The number of amides is 1. The molecule has 4 aliphatic rings. The summed E-state index contributed by atoms with van der Waals surface area (Å²) >= 11 is 3.30. The molecule has 3 saturated carbocycles. The molecule has 3 fully saturated rings. The van der Waals surface area contributed by atoms with Crippen LogP contribution in [0.3, 0.4) is 0 Å². The number of rotatable bonds is 3. The largest absolute Gasteiger partial charge is 0.507 e. The number of carbonyl (C=O) groups excluding carboxylic acids is 1. The number of carbonyl (C=O) groups is 1. The molecule has 1 amide bonds. The highest BCUT2D eigenvalue weighted by Gasteiger charge is 2.57. The normalized spacial score (nSPS) is 31.5. The quantitative estimate of drug-likeness (QED) is 0.656. The Morgan fingerprint density at radius 2 is 2.23 bits per heavy atom. The van der Waals surface area contributed by atoms with Crippen molar-refractivity contribution >= 4 is 33.4 Å². The van der Waals surface area contributed by atoms with E-state index in [2.05, 4.69) is 31.5 Å². The first-order valence-corrected chi connectivity index (χ1v) is 8.09. The highest BCUT2D eigenvalue weighted by Crippen LogP contribution is 2.57. The van der Waals surface area contributed by atoms with E-state index in [0.717, 1.165) is 25.2 Å². The van der Waals surface area contributed by atoms with Crippen LogP contribution in [0.25, 0.3) is 5.76 Å². The van der Waals surface area contributed by atoms with Crippen LogP contribution in [0, 0.1) is 5.92 Å². The van der Waals surface area contributed by atoms with E-state index in [-0.39, 0.29) is 29.2 Å². The topological polar surface area (TPSA) is 94.5 Å². The number of anilines is 1. The minimum Gasteiger partial charge on any atom is -0.507 e. The smallest absolute Gasteiger partial charge is 0.224 e. The van der Waals surface area contributed by atoms with Gasteiger partial charge in [-0.25, -0.2) is 4.98 Å². The lowest BCUT2D eigenvalue weighted by Gasteiger charge is -2.61. The van der Waals surface area contributed by atoms with E-state index in [1.54, 1.807) is 12.3 Å². The summed E-state index contributed by atoms with van der Waals surface area (Å²) in [7, 11) is 0. The third-order valence-electron chi connectivity index (χ3n) is 4.81. The minimum absolute atomic E-state index is 0.00648. The Hall–Kier alpha value is -1.60. The molecule has 3 aliphatic carbocycles. The van der Waals surface area contributed by atoms with Crippen LogP contribution in [0.2, 0.25) is 0 Å². The van der Waals surface area contributed by atoms with E-state index in [0.29, 0.717) is 15.9 Å². The monoisotopic (exact) mass is 365 g/mol. The van der Waals surface area contributed by atoms with Gasteiger partial charge < -0.3 is 20.8 Å². The van der Waals surface area contributed by atoms with Crippen LogP contribution in [-0.2, 0) is 4.79 Å². The van der Waals surface area contributed by atoms with E-state index >= 15 is 0 Å². The van der Waals surface area contributed by atoms with Crippen molar-refractivity contribution in [3.05, 3.63) is 27.9 Å². The van der Waals surface area contributed by atoms with Crippen molar-refractivity contribution in [1.29, 1.82) is 0 Å². The number of nitrogens with zero attached hydrogens (tertiary/aromatic N) is 1. The summed E-state index contributed by atoms with van der Waals surface area (Å²) in [6.45, 7) is 0. The molecule has 6 nitrogen and oxygen atoms in total. The fourth-order valence-electron chi connectivity index (χ4n) is 3.58. The molecule has 0 aromatic carbocycles. The van der Waals surface area contributed by atoms with E-state index in [1.165, 1.54) is 0 Å². The second kappa shape index (κ2) is 4.70. The van der Waals surface area contributed by atoms with Gasteiger partial charge >= 0.3 is 0 Å². The Labute approximate surface area is 135 Å². The van der Waals surface area contributed by atoms with E-state index in [9.17, 15) is 15.0 Å². The molecule has 1 unspecified atom stereocenters. The number of aliphatic hydroxyl groups is 2. The molecule has 7 heteroatoms. The number of pyridine rings is 1. The predicted octanol–water partition coefficient (Wildman–Crippen LogP) is 1.92. The summed E-state index contributed by atoms with van der Waals surface area (Å²) < 4.78 is 0.716. The van der Waals surface area contributed by atoms with E-state index in [4.69, 9.17) is 0 Å². The fraction of sp³-hybridized carbons (Fsp3) is 0.467. The molecule has 5 rings (SSSR count). The molecule has 1 aromatic rings. The summed E-state index contributed by atoms with van der Waals surface area (Å²) in [5, 5.41) is 26.3. The first kappa shape index (κ1) is 14.0. The molecule has 1 aliphatic heterocycles. The Morgan fingerprint density at radius 3 is 2.86 bits per heavy atom. The molecule has 22 heavy (non-hydrogen) atoms. The minimum atomic E-state index is -1.11. The molecule has 0 radical (unpaired) electrons. The SMILES string of the molecule is O=C(CC1=C(O)c2cc(Br)cnc2NC1O)NC12CC(C1)C2. The van der Waals surface area contributed by atoms with Crippen LogP contribution in [0.1, 0.15) is 31.2 Å². The molecule has 0 spiro atoms. The third kappa shape index (κ3) is 2.11. The van der Waals surface area contributed by atoms with Crippen molar-refractivity contribution in [2.24, 2.45) is 5.92 Å². The summed E-state index contributed by atoms with van der Waals surface area (Å²) in [6, 6.07) is 1.70. The molecule has 4 N–H and O–H groups in total. The van der Waals surface area contributed by atoms with Crippen LogP contribution in [0.5, 0.6) is 0 Å². The van der Waals surface area contributed by atoms with Crippen molar-refractivity contribution in [2.75, 3.05) is 5.32 Å². The molecular weight excluding hydrogens is 350 g/mol. The van der Waals surface area contributed by atoms with Gasteiger partial charge in [-0.2, -0.15) is 0 Å². The predicted molar refractivity (Wildman–Crippen MR) is 83.9 cm³/mol. The Kier molecular flexibility index (Phi) is 2.99. The van der Waals surface area contributed by atoms with Crippen molar-refractivity contribution in [2.45, 2.75) is 37.5 Å². The number of fused-ring (bicyclic) bond motifs is 1. The van der Waals surface area contributed by atoms with Gasteiger partial charge in [0.2, 0.25) is 5.91 Å². The number of aromatic nitrogens is 1. The molecule has 1 atom stereocenters. The van der Waals surface area contributed by atoms with Gasteiger partial charge in [-0.05, 0) is 47.2 Å². The maximum atomic E-state index is 12.2. The van der Waals surface area contributed by atoms with E-state index < -0.39 is 6.23 Å². The molecule has 2 bridgehead atoms. The average Bonchev–Trinajstić information content (AvgIpc) is 2.38. The first-order valence-electron chi connectivity index (χ1n) is 7.29. The number of aliphatic hydroxyl groups excluding tert-OH is 2. The maximum Gasteiger partial charge on any atom is 0.224 e. The van der Waals surface area contributed by atoms with Gasteiger partial charge in [0, 0.05) is 21.8 Å². The second-order valence-electron chi connectivity index (χ2n) is 6.45.